The predicted octanol–water partition coefficient (Wildman–Crippen LogP) is 2.05. The van der Waals surface area contributed by atoms with Crippen molar-refractivity contribution < 1.29 is 18.1 Å². The molecule has 4 nitrogen and oxygen atoms in total. The molecule has 0 spiro atoms. The molecule has 2 rings (SSSR count). The first-order valence-electron chi connectivity index (χ1n) is 4.46. The van der Waals surface area contributed by atoms with Crippen LogP contribution in [0.4, 0.5) is 0 Å². The van der Waals surface area contributed by atoms with Crippen molar-refractivity contribution in [1.29, 1.82) is 0 Å². The van der Waals surface area contributed by atoms with Crippen LogP contribution < -0.4 is 0 Å². The smallest absolute Gasteiger partial charge is 0.261 e. The van der Waals surface area contributed by atoms with Crippen LogP contribution in [0.2, 0.25) is 0 Å². The van der Waals surface area contributed by atoms with Gasteiger partial charge in [-0.05, 0) is 22.9 Å². The van der Waals surface area contributed by atoms with Gasteiger partial charge in [-0.3, -0.25) is 4.55 Å². The number of fused-ring (bicyclic) bond motifs is 1. The first kappa shape index (κ1) is 12.5. The molecule has 5 heteroatoms. The van der Waals surface area contributed by atoms with Crippen molar-refractivity contribution in [3.8, 4) is 5.75 Å². The molecule has 0 aromatic heterocycles. The third kappa shape index (κ3) is 4.77. The number of hydrogen-bond donors (Lipinski definition) is 2. The molecule has 2 N–H and O–H groups in total. The van der Waals surface area contributed by atoms with Crippen LogP contribution in [0.15, 0.2) is 42.5 Å². The number of phenols is 1. The second-order valence-corrected chi connectivity index (χ2v) is 4.73. The van der Waals surface area contributed by atoms with Gasteiger partial charge in [0.2, 0.25) is 0 Å². The van der Waals surface area contributed by atoms with Crippen LogP contribution >= 0.6 is 0 Å². The molecule has 0 amide bonds. The zero-order chi connectivity index (χ0) is 12.2. The molecule has 86 valence electrons. The molecule has 0 aliphatic rings. The van der Waals surface area contributed by atoms with Gasteiger partial charge in [0.15, 0.2) is 0 Å². The summed E-state index contributed by atoms with van der Waals surface area (Å²) in [7, 11) is -3.67. The Labute approximate surface area is 93.9 Å². The van der Waals surface area contributed by atoms with Crippen LogP contribution in [0.3, 0.4) is 0 Å². The van der Waals surface area contributed by atoms with Crippen molar-refractivity contribution in [1.82, 2.24) is 0 Å². The molecule has 16 heavy (non-hydrogen) atoms. The summed E-state index contributed by atoms with van der Waals surface area (Å²) in [4.78, 5) is 0. The van der Waals surface area contributed by atoms with Crippen LogP contribution in [0, 0.1) is 0 Å². The van der Waals surface area contributed by atoms with Gasteiger partial charge >= 0.3 is 0 Å². The molecule has 0 saturated heterocycles. The minimum absolute atomic E-state index is 0.323. The summed E-state index contributed by atoms with van der Waals surface area (Å²) in [5, 5.41) is 11.4. The Bertz CT molecular complexity index is 567. The monoisotopic (exact) mass is 240 g/mol. The van der Waals surface area contributed by atoms with E-state index in [1.54, 1.807) is 12.1 Å². The summed E-state index contributed by atoms with van der Waals surface area (Å²) in [5.41, 5.74) is 0. The highest BCUT2D eigenvalue weighted by molar-refractivity contribution is 7.85. The summed E-state index contributed by atoms with van der Waals surface area (Å²) in [6, 6.07) is 13.3. The van der Waals surface area contributed by atoms with Crippen molar-refractivity contribution in [2.24, 2.45) is 0 Å². The lowest BCUT2D eigenvalue weighted by Gasteiger charge is -1.96. The first-order chi connectivity index (χ1) is 7.36. The molecule has 0 aliphatic carbocycles. The van der Waals surface area contributed by atoms with Crippen molar-refractivity contribution in [2.45, 2.75) is 0 Å². The summed E-state index contributed by atoms with van der Waals surface area (Å²) in [6.07, 6.45) is 0.715. The Balaban J connectivity index is 0.000000221. The zero-order valence-corrected chi connectivity index (χ0v) is 9.48. The molecule has 0 fully saturated rings. The Morgan fingerprint density at radius 3 is 2.06 bits per heavy atom. The highest BCUT2D eigenvalue weighted by Crippen LogP contribution is 2.18. The number of benzene rings is 2. The second kappa shape index (κ2) is 4.96. The Morgan fingerprint density at radius 1 is 1.00 bits per heavy atom. The van der Waals surface area contributed by atoms with Gasteiger partial charge < -0.3 is 5.11 Å². The number of hydrogen-bond acceptors (Lipinski definition) is 3. The van der Waals surface area contributed by atoms with Crippen LogP contribution in [-0.2, 0) is 10.1 Å². The van der Waals surface area contributed by atoms with Crippen molar-refractivity contribution >= 4 is 20.9 Å². The molecule has 2 aromatic rings. The minimum Gasteiger partial charge on any atom is -0.508 e. The van der Waals surface area contributed by atoms with Gasteiger partial charge in [0.1, 0.15) is 5.75 Å². The molecule has 0 bridgehead atoms. The molecular formula is C11H12O4S. The van der Waals surface area contributed by atoms with E-state index in [-0.39, 0.29) is 0 Å². The molecular weight excluding hydrogens is 228 g/mol. The maximum absolute atomic E-state index is 9.19. The van der Waals surface area contributed by atoms with Gasteiger partial charge in [0, 0.05) is 0 Å². The quantitative estimate of drug-likeness (QED) is 0.691. The lowest BCUT2D eigenvalue weighted by molar-refractivity contribution is 0.476. The van der Waals surface area contributed by atoms with Gasteiger partial charge in [-0.25, -0.2) is 0 Å². The van der Waals surface area contributed by atoms with Crippen LogP contribution in [0.1, 0.15) is 0 Å². The van der Waals surface area contributed by atoms with E-state index in [1.165, 1.54) is 0 Å². The molecule has 0 aliphatic heterocycles. The number of phenolic OH excluding ortho intramolecular Hbond substituents is 1. The highest BCUT2D eigenvalue weighted by Gasteiger charge is 1.91. The number of aromatic hydroxyl groups is 1. The van der Waals surface area contributed by atoms with E-state index in [1.807, 2.05) is 30.3 Å². The van der Waals surface area contributed by atoms with Crippen LogP contribution in [-0.4, -0.2) is 24.3 Å². The molecule has 0 radical (unpaired) electrons. The summed E-state index contributed by atoms with van der Waals surface area (Å²) < 4.78 is 25.9. The average Bonchev–Trinajstić information content (AvgIpc) is 2.15. The lowest BCUT2D eigenvalue weighted by atomic mass is 10.1. The molecule has 0 saturated carbocycles. The largest absolute Gasteiger partial charge is 0.508 e. The number of rotatable bonds is 0. The fourth-order valence-corrected chi connectivity index (χ4v) is 1.18. The molecule has 0 unspecified atom stereocenters. The van der Waals surface area contributed by atoms with Gasteiger partial charge in [-0.15, -0.1) is 0 Å². The Kier molecular flexibility index (Phi) is 3.87. The maximum Gasteiger partial charge on any atom is 0.261 e. The third-order valence-electron chi connectivity index (χ3n) is 1.73. The summed E-state index contributed by atoms with van der Waals surface area (Å²) in [5.74, 6) is 0.323. The fourth-order valence-electron chi connectivity index (χ4n) is 1.18. The summed E-state index contributed by atoms with van der Waals surface area (Å²) in [6.45, 7) is 0. The van der Waals surface area contributed by atoms with Crippen LogP contribution in [0.5, 0.6) is 5.75 Å². The van der Waals surface area contributed by atoms with Crippen LogP contribution in [0.25, 0.3) is 10.8 Å². The van der Waals surface area contributed by atoms with Gasteiger partial charge in [-0.2, -0.15) is 8.42 Å². The first-order valence-corrected chi connectivity index (χ1v) is 6.31. The van der Waals surface area contributed by atoms with Crippen molar-refractivity contribution in [2.75, 3.05) is 6.26 Å². The highest BCUT2D eigenvalue weighted by atomic mass is 32.2. The fraction of sp³-hybridized carbons (Fsp3) is 0.0909. The molecule has 0 atom stereocenters. The lowest BCUT2D eigenvalue weighted by Crippen LogP contribution is -1.88. The SMILES string of the molecule is CS(=O)(=O)O.Oc1ccc2ccccc2c1. The Morgan fingerprint density at radius 2 is 1.50 bits per heavy atom. The standard InChI is InChI=1S/C10H8O.CH4O3S/c11-10-6-5-8-3-1-2-4-9(8)7-10;1-5(2,3)4/h1-7,11H;1H3,(H,2,3,4). The topological polar surface area (TPSA) is 74.6 Å². The van der Waals surface area contributed by atoms with Gasteiger partial charge in [-0.1, -0.05) is 30.3 Å². The van der Waals surface area contributed by atoms with E-state index < -0.39 is 10.1 Å². The van der Waals surface area contributed by atoms with Gasteiger partial charge in [0.05, 0.1) is 6.26 Å². The normalized spacial score (nSPS) is 10.6. The molecule has 0 heterocycles. The average molecular weight is 240 g/mol. The Hall–Kier alpha value is -1.59. The van der Waals surface area contributed by atoms with E-state index in [2.05, 4.69) is 0 Å². The predicted molar refractivity (Wildman–Crippen MR) is 63.1 cm³/mol. The van der Waals surface area contributed by atoms with E-state index >= 15 is 0 Å². The minimum atomic E-state index is -3.67. The third-order valence-corrected chi connectivity index (χ3v) is 1.73. The van der Waals surface area contributed by atoms with Gasteiger partial charge in [0.25, 0.3) is 10.1 Å². The van der Waals surface area contributed by atoms with Crippen molar-refractivity contribution in [3.05, 3.63) is 42.5 Å². The molecule has 2 aromatic carbocycles. The van der Waals surface area contributed by atoms with E-state index in [4.69, 9.17) is 9.66 Å². The second-order valence-electron chi connectivity index (χ2n) is 3.26. The van der Waals surface area contributed by atoms with E-state index in [0.29, 0.717) is 12.0 Å². The van der Waals surface area contributed by atoms with E-state index in [9.17, 15) is 8.42 Å². The summed E-state index contributed by atoms with van der Waals surface area (Å²) >= 11 is 0. The van der Waals surface area contributed by atoms with Crippen molar-refractivity contribution in [3.63, 3.8) is 0 Å². The maximum atomic E-state index is 9.19. The van der Waals surface area contributed by atoms with E-state index in [0.717, 1.165) is 10.8 Å². The zero-order valence-electron chi connectivity index (χ0n) is 8.66.